The van der Waals surface area contributed by atoms with Crippen molar-refractivity contribution in [3.8, 4) is 0 Å². The Labute approximate surface area is 123 Å². The normalized spacial score (nSPS) is 15.3. The van der Waals surface area contributed by atoms with Gasteiger partial charge in [0.2, 0.25) is 0 Å². The Morgan fingerprint density at radius 3 is 2.90 bits per heavy atom. The van der Waals surface area contributed by atoms with Gasteiger partial charge in [-0.15, -0.1) is 0 Å². The number of thiazole rings is 1. The van der Waals surface area contributed by atoms with Crippen LogP contribution in [0.1, 0.15) is 5.56 Å². The van der Waals surface area contributed by atoms with E-state index < -0.39 is 0 Å². The number of rotatable bonds is 2. The van der Waals surface area contributed by atoms with E-state index in [-0.39, 0.29) is 4.87 Å². The highest BCUT2D eigenvalue weighted by atomic mass is 35.5. The molecule has 0 amide bonds. The van der Waals surface area contributed by atoms with Gasteiger partial charge in [-0.3, -0.25) is 4.79 Å². The van der Waals surface area contributed by atoms with Gasteiger partial charge in [0.1, 0.15) is 16.3 Å². The van der Waals surface area contributed by atoms with E-state index in [1.807, 2.05) is 5.01 Å². The van der Waals surface area contributed by atoms with Gasteiger partial charge < -0.3 is 10.3 Å². The Morgan fingerprint density at radius 2 is 2.20 bits per heavy atom. The standard InChI is InChI=1S/C12H11ClN4O2S/c13-9-7-15-11-10(8(9)1-6-18)17(12(19)20-11)16-4-2-14-3-5-16/h1,7,14H,2-5H2. The summed E-state index contributed by atoms with van der Waals surface area (Å²) in [6.07, 6.45) is 2.70. The molecule has 0 unspecified atom stereocenters. The fraction of sp³-hybridized carbons (Fsp3) is 0.333. The third-order valence-electron chi connectivity index (χ3n) is 3.16. The van der Waals surface area contributed by atoms with Gasteiger partial charge in [0.15, 0.2) is 0 Å². The summed E-state index contributed by atoms with van der Waals surface area (Å²) in [4.78, 5) is 27.5. The predicted octanol–water partition coefficient (Wildman–Crippen LogP) is 0.497. The molecule has 3 rings (SSSR count). The van der Waals surface area contributed by atoms with Gasteiger partial charge >= 0.3 is 4.87 Å². The third-order valence-corrected chi connectivity index (χ3v) is 4.30. The fourth-order valence-corrected chi connectivity index (χ4v) is 3.33. The van der Waals surface area contributed by atoms with Crippen molar-refractivity contribution in [2.45, 2.75) is 0 Å². The Bertz CT molecular complexity index is 757. The first-order chi connectivity index (χ1) is 9.72. The number of fused-ring (bicyclic) bond motifs is 1. The van der Waals surface area contributed by atoms with E-state index in [0.29, 0.717) is 34.0 Å². The quantitative estimate of drug-likeness (QED) is 0.818. The number of nitrogens with one attached hydrogen (secondary N) is 1. The molecule has 0 bridgehead atoms. The molecule has 0 atom stereocenters. The molecule has 3 heterocycles. The first-order valence-corrected chi connectivity index (χ1v) is 7.28. The molecule has 2 aromatic rings. The van der Waals surface area contributed by atoms with E-state index in [1.54, 1.807) is 10.6 Å². The van der Waals surface area contributed by atoms with Crippen LogP contribution < -0.4 is 15.2 Å². The zero-order valence-corrected chi connectivity index (χ0v) is 12.0. The topological polar surface area (TPSA) is 67.2 Å². The number of carbonyl (C=O) groups excluding carboxylic acids is 1. The van der Waals surface area contributed by atoms with Crippen molar-refractivity contribution in [1.29, 1.82) is 0 Å². The SMILES string of the molecule is O=C=Cc1c(Cl)cnc2sc(=O)n(N3CCNCC3)c12. The average molecular weight is 311 g/mol. The summed E-state index contributed by atoms with van der Waals surface area (Å²) in [5.74, 6) is 1.73. The lowest BCUT2D eigenvalue weighted by atomic mass is 10.2. The summed E-state index contributed by atoms with van der Waals surface area (Å²) in [7, 11) is 0. The summed E-state index contributed by atoms with van der Waals surface area (Å²) in [5, 5.41) is 5.51. The van der Waals surface area contributed by atoms with Crippen LogP contribution in [0.15, 0.2) is 11.0 Å². The molecule has 2 aromatic heterocycles. The van der Waals surface area contributed by atoms with E-state index in [9.17, 15) is 9.59 Å². The van der Waals surface area contributed by atoms with Crippen molar-refractivity contribution in [3.63, 3.8) is 0 Å². The number of halogens is 1. The lowest BCUT2D eigenvalue weighted by Crippen LogP contribution is -2.51. The minimum Gasteiger partial charge on any atom is -0.313 e. The summed E-state index contributed by atoms with van der Waals surface area (Å²) >= 11 is 7.13. The minimum absolute atomic E-state index is 0.128. The van der Waals surface area contributed by atoms with Crippen molar-refractivity contribution >= 4 is 45.3 Å². The number of hydrogen-bond acceptors (Lipinski definition) is 6. The van der Waals surface area contributed by atoms with Crippen LogP contribution in [0.4, 0.5) is 0 Å². The van der Waals surface area contributed by atoms with Crippen LogP contribution in [0.3, 0.4) is 0 Å². The summed E-state index contributed by atoms with van der Waals surface area (Å²) in [6.45, 7) is 3.03. The molecular weight excluding hydrogens is 300 g/mol. The van der Waals surface area contributed by atoms with E-state index in [4.69, 9.17) is 11.6 Å². The van der Waals surface area contributed by atoms with Gasteiger partial charge in [-0.1, -0.05) is 22.9 Å². The molecule has 0 aliphatic carbocycles. The Morgan fingerprint density at radius 1 is 1.45 bits per heavy atom. The second-order valence-electron chi connectivity index (χ2n) is 4.32. The molecule has 104 valence electrons. The van der Waals surface area contributed by atoms with Gasteiger partial charge in [-0.2, -0.15) is 0 Å². The van der Waals surface area contributed by atoms with Crippen LogP contribution in [0, 0.1) is 0 Å². The monoisotopic (exact) mass is 310 g/mol. The van der Waals surface area contributed by atoms with E-state index >= 15 is 0 Å². The first kappa shape index (κ1) is 13.3. The molecule has 1 fully saturated rings. The van der Waals surface area contributed by atoms with Crippen molar-refractivity contribution in [2.24, 2.45) is 0 Å². The molecule has 6 nitrogen and oxygen atoms in total. The van der Waals surface area contributed by atoms with Crippen molar-refractivity contribution in [3.05, 3.63) is 26.5 Å². The molecule has 0 spiro atoms. The molecule has 1 aliphatic rings. The van der Waals surface area contributed by atoms with Crippen molar-refractivity contribution in [2.75, 3.05) is 31.2 Å². The molecule has 8 heteroatoms. The Balaban J connectivity index is 2.29. The average Bonchev–Trinajstić information content (AvgIpc) is 2.79. The van der Waals surface area contributed by atoms with Crippen LogP contribution in [-0.2, 0) is 4.79 Å². The van der Waals surface area contributed by atoms with Crippen molar-refractivity contribution < 1.29 is 4.79 Å². The van der Waals surface area contributed by atoms with Crippen LogP contribution in [-0.4, -0.2) is 41.8 Å². The first-order valence-electron chi connectivity index (χ1n) is 6.09. The molecule has 0 saturated carbocycles. The maximum Gasteiger partial charge on any atom is 0.328 e. The van der Waals surface area contributed by atoms with Crippen LogP contribution in [0.5, 0.6) is 0 Å². The molecule has 20 heavy (non-hydrogen) atoms. The second-order valence-corrected chi connectivity index (χ2v) is 5.67. The molecular formula is C12H11ClN4O2S. The third kappa shape index (κ3) is 2.14. The molecule has 0 aromatic carbocycles. The largest absolute Gasteiger partial charge is 0.328 e. The number of nitrogens with zero attached hydrogens (tertiary/aromatic N) is 3. The Kier molecular flexibility index (Phi) is 3.58. The number of piperazine rings is 1. The maximum atomic E-state index is 12.2. The zero-order valence-electron chi connectivity index (χ0n) is 10.4. The van der Waals surface area contributed by atoms with Gasteiger partial charge in [0, 0.05) is 44.0 Å². The highest BCUT2D eigenvalue weighted by Gasteiger charge is 2.20. The zero-order chi connectivity index (χ0) is 14.1. The maximum absolute atomic E-state index is 12.2. The summed E-state index contributed by atoms with van der Waals surface area (Å²) in [5.41, 5.74) is 1.07. The fourth-order valence-electron chi connectivity index (χ4n) is 2.28. The number of pyridine rings is 1. The van der Waals surface area contributed by atoms with Gasteiger partial charge in [-0.05, 0) is 0 Å². The van der Waals surface area contributed by atoms with Crippen molar-refractivity contribution in [1.82, 2.24) is 15.0 Å². The molecule has 1 N–H and O–H groups in total. The molecule has 0 radical (unpaired) electrons. The number of hydrogen-bond donors (Lipinski definition) is 1. The van der Waals surface area contributed by atoms with Crippen LogP contribution in [0.2, 0.25) is 5.02 Å². The molecule has 1 saturated heterocycles. The van der Waals surface area contributed by atoms with Crippen LogP contribution in [0.25, 0.3) is 16.4 Å². The lowest BCUT2D eigenvalue weighted by molar-refractivity contribution is 0.495. The van der Waals surface area contributed by atoms with E-state index in [2.05, 4.69) is 10.3 Å². The van der Waals surface area contributed by atoms with Gasteiger partial charge in [-0.25, -0.2) is 14.5 Å². The minimum atomic E-state index is -0.128. The van der Waals surface area contributed by atoms with Gasteiger partial charge in [0.05, 0.1) is 5.02 Å². The second kappa shape index (κ2) is 5.38. The smallest absolute Gasteiger partial charge is 0.313 e. The molecule has 1 aliphatic heterocycles. The van der Waals surface area contributed by atoms with Gasteiger partial charge in [0.25, 0.3) is 0 Å². The predicted molar refractivity (Wildman–Crippen MR) is 79.9 cm³/mol. The summed E-state index contributed by atoms with van der Waals surface area (Å²) in [6, 6.07) is 0. The number of aromatic nitrogens is 2. The van der Waals surface area contributed by atoms with E-state index in [0.717, 1.165) is 24.4 Å². The summed E-state index contributed by atoms with van der Waals surface area (Å²) < 4.78 is 1.57. The lowest BCUT2D eigenvalue weighted by Gasteiger charge is -2.30. The van der Waals surface area contributed by atoms with Crippen LogP contribution >= 0.6 is 22.9 Å². The van der Waals surface area contributed by atoms with E-state index in [1.165, 1.54) is 12.3 Å². The Hall–Kier alpha value is -1.66. The highest BCUT2D eigenvalue weighted by Crippen LogP contribution is 2.26. The highest BCUT2D eigenvalue weighted by molar-refractivity contribution is 7.16.